The standard InChI is InChI=1S/C23H27N5O3S/c29-23(26-20-9-12-22(24-18-20)28-17-5-14-25-28)13-8-19-6-10-21(11-7-19)32(30,31)27-15-3-1-2-4-16-27/h5-7,9-12,14,17-18H,1-4,8,13,15-16H2,(H,26,29). The number of nitrogens with zero attached hydrogens (tertiary/aromatic N) is 4. The van der Waals surface area contributed by atoms with Gasteiger partial charge in [-0.15, -0.1) is 0 Å². The first-order valence-corrected chi connectivity index (χ1v) is 12.3. The highest BCUT2D eigenvalue weighted by Gasteiger charge is 2.24. The number of hydrogen-bond donors (Lipinski definition) is 1. The molecule has 1 aliphatic rings. The molecular formula is C23H27N5O3S. The molecule has 1 saturated heterocycles. The molecule has 1 aromatic carbocycles. The first kappa shape index (κ1) is 22.2. The van der Waals surface area contributed by atoms with E-state index in [4.69, 9.17) is 0 Å². The highest BCUT2D eigenvalue weighted by molar-refractivity contribution is 7.89. The zero-order chi connectivity index (χ0) is 22.4. The second kappa shape index (κ2) is 10.1. The third kappa shape index (κ3) is 5.41. The second-order valence-corrected chi connectivity index (χ2v) is 9.80. The van der Waals surface area contributed by atoms with Crippen molar-refractivity contribution < 1.29 is 13.2 Å². The quantitative estimate of drug-likeness (QED) is 0.591. The molecule has 2 aromatic heterocycles. The lowest BCUT2D eigenvalue weighted by atomic mass is 10.1. The Balaban J connectivity index is 1.30. The van der Waals surface area contributed by atoms with E-state index in [2.05, 4.69) is 15.4 Å². The molecule has 8 nitrogen and oxygen atoms in total. The number of rotatable bonds is 7. The Kier molecular flexibility index (Phi) is 6.96. The van der Waals surface area contributed by atoms with Crippen molar-refractivity contribution in [2.75, 3.05) is 18.4 Å². The molecule has 1 fully saturated rings. The normalized spacial score (nSPS) is 15.2. The molecule has 0 saturated carbocycles. The fourth-order valence-electron chi connectivity index (χ4n) is 3.74. The van der Waals surface area contributed by atoms with Gasteiger partial charge in [0.05, 0.1) is 16.8 Å². The summed E-state index contributed by atoms with van der Waals surface area (Å²) in [7, 11) is -3.45. The largest absolute Gasteiger partial charge is 0.325 e. The molecule has 0 spiro atoms. The van der Waals surface area contributed by atoms with E-state index < -0.39 is 10.0 Å². The lowest BCUT2D eigenvalue weighted by Gasteiger charge is -2.20. The molecule has 1 aliphatic heterocycles. The van der Waals surface area contributed by atoms with Gasteiger partial charge in [0.1, 0.15) is 0 Å². The van der Waals surface area contributed by atoms with Crippen molar-refractivity contribution in [2.45, 2.75) is 43.4 Å². The Hall–Kier alpha value is -3.04. The molecule has 0 bridgehead atoms. The summed E-state index contributed by atoms with van der Waals surface area (Å²) >= 11 is 0. The van der Waals surface area contributed by atoms with E-state index in [-0.39, 0.29) is 5.91 Å². The van der Waals surface area contributed by atoms with E-state index in [0.717, 1.165) is 31.2 Å². The number of nitrogens with one attached hydrogen (secondary N) is 1. The topological polar surface area (TPSA) is 97.2 Å². The van der Waals surface area contributed by atoms with E-state index in [9.17, 15) is 13.2 Å². The average molecular weight is 454 g/mol. The summed E-state index contributed by atoms with van der Waals surface area (Å²) in [5.74, 6) is 0.545. The summed E-state index contributed by atoms with van der Waals surface area (Å²) in [5, 5.41) is 6.95. The zero-order valence-electron chi connectivity index (χ0n) is 17.9. The van der Waals surface area contributed by atoms with Gasteiger partial charge in [-0.2, -0.15) is 9.40 Å². The van der Waals surface area contributed by atoms with Gasteiger partial charge in [-0.1, -0.05) is 25.0 Å². The average Bonchev–Trinajstić information content (AvgIpc) is 3.20. The van der Waals surface area contributed by atoms with Crippen LogP contribution in [0.3, 0.4) is 0 Å². The Morgan fingerprint density at radius 1 is 1.00 bits per heavy atom. The van der Waals surface area contributed by atoms with Crippen LogP contribution in [0.2, 0.25) is 0 Å². The van der Waals surface area contributed by atoms with Crippen molar-refractivity contribution in [1.29, 1.82) is 0 Å². The molecule has 168 valence electrons. The van der Waals surface area contributed by atoms with Gasteiger partial charge >= 0.3 is 0 Å². The van der Waals surface area contributed by atoms with Crippen LogP contribution in [0, 0.1) is 0 Å². The van der Waals surface area contributed by atoms with Crippen LogP contribution >= 0.6 is 0 Å². The summed E-state index contributed by atoms with van der Waals surface area (Å²) in [6, 6.07) is 12.2. The van der Waals surface area contributed by atoms with Crippen molar-refractivity contribution in [2.24, 2.45) is 0 Å². The first-order chi connectivity index (χ1) is 15.5. The minimum atomic E-state index is -3.45. The highest BCUT2D eigenvalue weighted by atomic mass is 32.2. The lowest BCUT2D eigenvalue weighted by molar-refractivity contribution is -0.116. The van der Waals surface area contributed by atoms with E-state index in [1.165, 1.54) is 0 Å². The van der Waals surface area contributed by atoms with Crippen LogP contribution in [0.25, 0.3) is 5.82 Å². The number of anilines is 1. The van der Waals surface area contributed by atoms with Crippen LogP contribution in [-0.4, -0.2) is 46.5 Å². The number of benzene rings is 1. The predicted octanol–water partition coefficient (Wildman–Crippen LogP) is 3.40. The first-order valence-electron chi connectivity index (χ1n) is 10.9. The molecule has 0 aliphatic carbocycles. The number of carbonyl (C=O) groups is 1. The van der Waals surface area contributed by atoms with Crippen LogP contribution in [0.5, 0.6) is 0 Å². The smallest absolute Gasteiger partial charge is 0.243 e. The van der Waals surface area contributed by atoms with Gasteiger partial charge in [0, 0.05) is 31.9 Å². The minimum absolute atomic E-state index is 0.125. The number of carbonyl (C=O) groups excluding carboxylic acids is 1. The maximum absolute atomic E-state index is 12.9. The molecule has 9 heteroatoms. The van der Waals surface area contributed by atoms with Crippen molar-refractivity contribution in [1.82, 2.24) is 19.1 Å². The van der Waals surface area contributed by atoms with Crippen molar-refractivity contribution in [3.8, 4) is 5.82 Å². The molecule has 0 unspecified atom stereocenters. The fraction of sp³-hybridized carbons (Fsp3) is 0.348. The van der Waals surface area contributed by atoms with Crippen LogP contribution in [0.4, 0.5) is 5.69 Å². The van der Waals surface area contributed by atoms with E-state index in [1.807, 2.05) is 6.07 Å². The zero-order valence-corrected chi connectivity index (χ0v) is 18.7. The number of sulfonamides is 1. The summed E-state index contributed by atoms with van der Waals surface area (Å²) in [5.41, 5.74) is 1.53. The number of amides is 1. The number of aryl methyl sites for hydroxylation is 1. The maximum Gasteiger partial charge on any atom is 0.243 e. The number of hydrogen-bond acceptors (Lipinski definition) is 5. The Labute approximate surface area is 188 Å². The lowest BCUT2D eigenvalue weighted by Crippen LogP contribution is -2.31. The second-order valence-electron chi connectivity index (χ2n) is 7.87. The molecule has 3 heterocycles. The molecule has 32 heavy (non-hydrogen) atoms. The number of pyridine rings is 1. The fourth-order valence-corrected chi connectivity index (χ4v) is 5.26. The van der Waals surface area contributed by atoms with Gasteiger partial charge in [-0.25, -0.2) is 18.1 Å². The Morgan fingerprint density at radius 3 is 2.38 bits per heavy atom. The van der Waals surface area contributed by atoms with E-state index in [0.29, 0.717) is 42.3 Å². The minimum Gasteiger partial charge on any atom is -0.325 e. The van der Waals surface area contributed by atoms with Crippen molar-refractivity contribution >= 4 is 21.6 Å². The van der Waals surface area contributed by atoms with E-state index >= 15 is 0 Å². The summed E-state index contributed by atoms with van der Waals surface area (Å²) in [4.78, 5) is 16.9. The van der Waals surface area contributed by atoms with Gasteiger partial charge in [-0.05, 0) is 55.2 Å². The van der Waals surface area contributed by atoms with Crippen LogP contribution in [0.1, 0.15) is 37.7 Å². The van der Waals surface area contributed by atoms with Gasteiger partial charge < -0.3 is 5.32 Å². The Morgan fingerprint density at radius 2 is 1.75 bits per heavy atom. The van der Waals surface area contributed by atoms with Gasteiger partial charge in [-0.3, -0.25) is 4.79 Å². The van der Waals surface area contributed by atoms with Crippen LogP contribution < -0.4 is 5.32 Å². The summed E-state index contributed by atoms with van der Waals surface area (Å²) in [6.45, 7) is 1.17. The predicted molar refractivity (Wildman–Crippen MR) is 122 cm³/mol. The third-order valence-electron chi connectivity index (χ3n) is 5.54. The maximum atomic E-state index is 12.9. The van der Waals surface area contributed by atoms with Gasteiger partial charge in [0.15, 0.2) is 5.82 Å². The third-order valence-corrected chi connectivity index (χ3v) is 7.45. The van der Waals surface area contributed by atoms with Gasteiger partial charge in [0.25, 0.3) is 0 Å². The molecule has 0 atom stereocenters. The molecule has 3 aromatic rings. The monoisotopic (exact) mass is 453 g/mol. The van der Waals surface area contributed by atoms with Gasteiger partial charge in [0.2, 0.25) is 15.9 Å². The molecular weight excluding hydrogens is 426 g/mol. The molecule has 1 N–H and O–H groups in total. The Bertz CT molecular complexity index is 1120. The highest BCUT2D eigenvalue weighted by Crippen LogP contribution is 2.21. The SMILES string of the molecule is O=C(CCc1ccc(S(=O)(=O)N2CCCCCC2)cc1)Nc1ccc(-n2cccn2)nc1. The van der Waals surface area contributed by atoms with Crippen LogP contribution in [0.15, 0.2) is 66.0 Å². The van der Waals surface area contributed by atoms with Crippen molar-refractivity contribution in [3.05, 3.63) is 66.6 Å². The molecule has 4 rings (SSSR count). The van der Waals surface area contributed by atoms with E-state index in [1.54, 1.807) is 64.0 Å². The summed E-state index contributed by atoms with van der Waals surface area (Å²) in [6.07, 6.45) is 9.86. The molecule has 1 amide bonds. The number of aromatic nitrogens is 3. The van der Waals surface area contributed by atoms with Crippen molar-refractivity contribution in [3.63, 3.8) is 0 Å². The summed E-state index contributed by atoms with van der Waals surface area (Å²) < 4.78 is 29.0. The van der Waals surface area contributed by atoms with Crippen LogP contribution in [-0.2, 0) is 21.2 Å². The molecule has 0 radical (unpaired) electrons.